The zero-order chi connectivity index (χ0) is 9.31. The highest BCUT2D eigenvalue weighted by atomic mass is 16.3. The van der Waals surface area contributed by atoms with E-state index in [0.717, 1.165) is 12.8 Å². The Morgan fingerprint density at radius 2 is 1.77 bits per heavy atom. The maximum Gasteiger partial charge on any atom is 0.229 e. The number of carbonyl (C=O) groups excluding carboxylic acids is 1. The van der Waals surface area contributed by atoms with Gasteiger partial charge in [0.2, 0.25) is 5.91 Å². The van der Waals surface area contributed by atoms with Crippen LogP contribution in [0.25, 0.3) is 0 Å². The van der Waals surface area contributed by atoms with Crippen LogP contribution in [-0.2, 0) is 4.79 Å². The molecule has 1 spiro atoms. The van der Waals surface area contributed by atoms with E-state index in [1.54, 1.807) is 0 Å². The van der Waals surface area contributed by atoms with E-state index in [1.807, 2.05) is 0 Å². The fourth-order valence-electron chi connectivity index (χ4n) is 1.66. The van der Waals surface area contributed by atoms with E-state index in [9.17, 15) is 9.90 Å². The third-order valence-electron chi connectivity index (χ3n) is 3.33. The summed E-state index contributed by atoms with van der Waals surface area (Å²) in [6, 6.07) is 0. The van der Waals surface area contributed by atoms with Gasteiger partial charge in [-0.15, -0.1) is 0 Å². The second kappa shape index (κ2) is 3.29. The molecule has 3 aliphatic rings. The second-order valence-electron chi connectivity index (χ2n) is 4.30. The Bertz CT molecular complexity index is 203. The van der Waals surface area contributed by atoms with Gasteiger partial charge in [-0.3, -0.25) is 4.79 Å². The predicted octanol–water partition coefficient (Wildman–Crippen LogP) is 0.818. The summed E-state index contributed by atoms with van der Waals surface area (Å²) in [5.41, 5.74) is -0.333. The van der Waals surface area contributed by atoms with Crippen LogP contribution >= 0.6 is 0 Å². The summed E-state index contributed by atoms with van der Waals surface area (Å²) < 4.78 is 0. The fourth-order valence-corrected chi connectivity index (χ4v) is 1.66. The quantitative estimate of drug-likeness (QED) is 0.584. The first-order valence-corrected chi connectivity index (χ1v) is 5.22. The van der Waals surface area contributed by atoms with Gasteiger partial charge in [0.15, 0.2) is 0 Å². The molecule has 1 saturated heterocycles. The molecule has 2 saturated carbocycles. The summed E-state index contributed by atoms with van der Waals surface area (Å²) in [5, 5.41) is 11.8. The summed E-state index contributed by atoms with van der Waals surface area (Å²) in [7, 11) is 0. The number of nitrogens with one attached hydrogen (secondary N) is 1. The number of hydrogen-bond acceptors (Lipinski definition) is 2. The van der Waals surface area contributed by atoms with Crippen molar-refractivity contribution in [2.75, 3.05) is 6.54 Å². The van der Waals surface area contributed by atoms with Crippen LogP contribution in [0.5, 0.6) is 0 Å². The van der Waals surface area contributed by atoms with Crippen LogP contribution in [0.1, 0.15) is 38.5 Å². The van der Waals surface area contributed by atoms with E-state index in [0.29, 0.717) is 6.54 Å². The number of carbonyl (C=O) groups is 1. The van der Waals surface area contributed by atoms with Crippen molar-refractivity contribution in [3.8, 4) is 0 Å². The highest BCUT2D eigenvalue weighted by molar-refractivity contribution is 5.88. The molecule has 2 N–H and O–H groups in total. The number of aliphatic hydroxyl groups excluding tert-OH is 1. The Hall–Kier alpha value is -0.570. The maximum atomic E-state index is 10.9. The highest BCUT2D eigenvalue weighted by Gasteiger charge is 2.58. The molecule has 0 aromatic rings. The molecule has 0 aromatic heterocycles. The molecule has 3 rings (SSSR count). The van der Waals surface area contributed by atoms with Crippen LogP contribution in [0.2, 0.25) is 0 Å². The lowest BCUT2D eigenvalue weighted by Gasteiger charge is -2.05. The van der Waals surface area contributed by atoms with E-state index in [1.165, 1.54) is 25.7 Å². The van der Waals surface area contributed by atoms with Crippen LogP contribution in [0.15, 0.2) is 0 Å². The van der Waals surface area contributed by atoms with Crippen molar-refractivity contribution in [3.63, 3.8) is 0 Å². The monoisotopic (exact) mass is 183 g/mol. The highest BCUT2D eigenvalue weighted by Crippen LogP contribution is 2.51. The smallest absolute Gasteiger partial charge is 0.229 e. The molecule has 0 aromatic carbocycles. The van der Waals surface area contributed by atoms with Crippen LogP contribution in [-0.4, -0.2) is 23.7 Å². The molecule has 1 heterocycles. The lowest BCUT2D eigenvalue weighted by Crippen LogP contribution is -2.22. The minimum atomic E-state index is -0.412. The lowest BCUT2D eigenvalue weighted by atomic mass is 10.0. The third kappa shape index (κ3) is 1.57. The first kappa shape index (κ1) is 9.00. The molecule has 0 bridgehead atoms. The molecule has 1 amide bonds. The van der Waals surface area contributed by atoms with Gasteiger partial charge in [-0.1, -0.05) is 25.7 Å². The van der Waals surface area contributed by atoms with E-state index in [4.69, 9.17) is 0 Å². The molecular weight excluding hydrogens is 166 g/mol. The Kier molecular flexibility index (Phi) is 2.28. The van der Waals surface area contributed by atoms with Crippen molar-refractivity contribution < 1.29 is 9.90 Å². The molecule has 3 heteroatoms. The van der Waals surface area contributed by atoms with Crippen molar-refractivity contribution >= 4 is 5.91 Å². The van der Waals surface area contributed by atoms with Crippen molar-refractivity contribution in [2.24, 2.45) is 5.41 Å². The standard InChI is InChI=1S/C6H9NO2.C4H8/c8-4-3-7-5(9)6(4)1-2-6;1-2-4-3-1/h4,8H,1-3H2,(H,7,9);1-4H2. The van der Waals surface area contributed by atoms with E-state index < -0.39 is 6.10 Å². The van der Waals surface area contributed by atoms with E-state index in [-0.39, 0.29) is 11.3 Å². The van der Waals surface area contributed by atoms with E-state index >= 15 is 0 Å². The number of β-amino-alcohol motifs (C(OH)–C–C–N with tert-alkyl or cyclic N) is 1. The Labute approximate surface area is 78.5 Å². The summed E-state index contributed by atoms with van der Waals surface area (Å²) in [4.78, 5) is 10.9. The topological polar surface area (TPSA) is 49.3 Å². The Balaban J connectivity index is 0.000000137. The SMILES string of the molecule is C1CCC1.O=C1NCC(O)C12CC2. The predicted molar refractivity (Wildman–Crippen MR) is 49.2 cm³/mol. The van der Waals surface area contributed by atoms with Crippen LogP contribution < -0.4 is 5.32 Å². The van der Waals surface area contributed by atoms with Gasteiger partial charge in [0.05, 0.1) is 11.5 Å². The number of amides is 1. The Morgan fingerprint density at radius 1 is 1.23 bits per heavy atom. The van der Waals surface area contributed by atoms with Gasteiger partial charge in [0, 0.05) is 6.54 Å². The van der Waals surface area contributed by atoms with Gasteiger partial charge in [-0.25, -0.2) is 0 Å². The average Bonchev–Trinajstić information content (AvgIpc) is 2.71. The summed E-state index contributed by atoms with van der Waals surface area (Å²) in [6.45, 7) is 0.457. The van der Waals surface area contributed by atoms with Crippen molar-refractivity contribution in [1.29, 1.82) is 0 Å². The van der Waals surface area contributed by atoms with Gasteiger partial charge in [0.1, 0.15) is 0 Å². The summed E-state index contributed by atoms with van der Waals surface area (Å²) in [5.74, 6) is 0.0509. The lowest BCUT2D eigenvalue weighted by molar-refractivity contribution is -0.125. The van der Waals surface area contributed by atoms with Gasteiger partial charge >= 0.3 is 0 Å². The van der Waals surface area contributed by atoms with Crippen molar-refractivity contribution in [2.45, 2.75) is 44.6 Å². The number of aliphatic hydroxyl groups is 1. The fraction of sp³-hybridized carbons (Fsp3) is 0.900. The first-order chi connectivity index (χ1) is 6.26. The van der Waals surface area contributed by atoms with Crippen LogP contribution in [0.4, 0.5) is 0 Å². The van der Waals surface area contributed by atoms with Gasteiger partial charge in [-0.2, -0.15) is 0 Å². The molecule has 74 valence electrons. The molecular formula is C10H17NO2. The van der Waals surface area contributed by atoms with Crippen LogP contribution in [0, 0.1) is 5.41 Å². The van der Waals surface area contributed by atoms with Crippen LogP contribution in [0.3, 0.4) is 0 Å². The first-order valence-electron chi connectivity index (χ1n) is 5.22. The average molecular weight is 183 g/mol. The molecule has 3 fully saturated rings. The maximum absolute atomic E-state index is 10.9. The van der Waals surface area contributed by atoms with E-state index in [2.05, 4.69) is 5.32 Å². The van der Waals surface area contributed by atoms with Gasteiger partial charge in [0.25, 0.3) is 0 Å². The molecule has 3 nitrogen and oxygen atoms in total. The number of rotatable bonds is 0. The molecule has 1 aliphatic heterocycles. The minimum Gasteiger partial charge on any atom is -0.390 e. The largest absolute Gasteiger partial charge is 0.390 e. The zero-order valence-corrected chi connectivity index (χ0v) is 7.88. The number of hydrogen-bond donors (Lipinski definition) is 2. The summed E-state index contributed by atoms with van der Waals surface area (Å²) in [6.07, 6.45) is 7.34. The molecule has 13 heavy (non-hydrogen) atoms. The molecule has 1 unspecified atom stereocenters. The molecule has 0 radical (unpaired) electrons. The minimum absolute atomic E-state index is 0.0509. The van der Waals surface area contributed by atoms with Gasteiger partial charge < -0.3 is 10.4 Å². The second-order valence-corrected chi connectivity index (χ2v) is 4.30. The third-order valence-corrected chi connectivity index (χ3v) is 3.33. The van der Waals surface area contributed by atoms with Gasteiger partial charge in [-0.05, 0) is 12.8 Å². The zero-order valence-electron chi connectivity index (χ0n) is 7.88. The molecule has 2 aliphatic carbocycles. The van der Waals surface area contributed by atoms with Crippen molar-refractivity contribution in [3.05, 3.63) is 0 Å². The normalized spacial score (nSPS) is 33.0. The van der Waals surface area contributed by atoms with Crippen molar-refractivity contribution in [1.82, 2.24) is 5.32 Å². The molecule has 1 atom stereocenters. The summed E-state index contributed by atoms with van der Waals surface area (Å²) >= 11 is 0. The Morgan fingerprint density at radius 3 is 1.92 bits per heavy atom.